The molecule has 2 heterocycles. The van der Waals surface area contributed by atoms with Gasteiger partial charge in [0.2, 0.25) is 5.91 Å². The number of hydrogen-bond donors (Lipinski definition) is 1. The van der Waals surface area contributed by atoms with Gasteiger partial charge in [-0.2, -0.15) is 5.26 Å². The number of rotatable bonds is 5. The first-order valence-corrected chi connectivity index (χ1v) is 10.9. The fourth-order valence-corrected chi connectivity index (χ4v) is 4.55. The molecule has 0 aliphatic heterocycles. The molecule has 148 valence electrons. The van der Waals surface area contributed by atoms with Crippen molar-refractivity contribution < 1.29 is 4.79 Å². The Hall–Kier alpha value is -3.41. The molecule has 0 radical (unpaired) electrons. The maximum Gasteiger partial charge on any atom is 0.276 e. The van der Waals surface area contributed by atoms with Crippen molar-refractivity contribution in [3.05, 3.63) is 81.5 Å². The van der Waals surface area contributed by atoms with Gasteiger partial charge in [0, 0.05) is 5.69 Å². The highest BCUT2D eigenvalue weighted by Gasteiger charge is 2.16. The lowest BCUT2D eigenvalue weighted by atomic mass is 10.2. The molecular formula is C22H16N4O2S2. The van der Waals surface area contributed by atoms with Gasteiger partial charge in [-0.05, 0) is 54.3 Å². The van der Waals surface area contributed by atoms with E-state index in [1.807, 2.05) is 42.6 Å². The van der Waals surface area contributed by atoms with E-state index in [1.54, 1.807) is 34.9 Å². The standard InChI is InChI=1S/C22H16N4O2S2/c1-14-4-2-7-17(10-14)26-21(28)20-18(8-9-29-20)25-22(26)30-13-19(27)24-16-6-3-5-15(11-16)12-23/h2-11H,13H2,1H3,(H,24,27). The third-order valence-corrected chi connectivity index (χ3v) is 6.15. The zero-order valence-corrected chi connectivity index (χ0v) is 17.6. The van der Waals surface area contributed by atoms with Crippen molar-refractivity contribution in [2.75, 3.05) is 11.1 Å². The fourth-order valence-electron chi connectivity index (χ4n) is 2.98. The van der Waals surface area contributed by atoms with Gasteiger partial charge in [-0.25, -0.2) is 4.98 Å². The summed E-state index contributed by atoms with van der Waals surface area (Å²) in [5.74, 6) is -0.171. The number of aryl methyl sites for hydroxylation is 1. The zero-order valence-electron chi connectivity index (χ0n) is 16.0. The van der Waals surface area contributed by atoms with Gasteiger partial charge >= 0.3 is 0 Å². The first kappa shape index (κ1) is 19.9. The molecular weight excluding hydrogens is 416 g/mol. The number of hydrogen-bond acceptors (Lipinski definition) is 6. The molecule has 1 amide bonds. The second-order valence-corrected chi connectivity index (χ2v) is 8.40. The Kier molecular flexibility index (Phi) is 5.65. The summed E-state index contributed by atoms with van der Waals surface area (Å²) >= 11 is 2.55. The average molecular weight is 433 g/mol. The molecule has 0 aliphatic rings. The van der Waals surface area contributed by atoms with E-state index in [0.29, 0.717) is 32.3 Å². The number of carbonyl (C=O) groups is 1. The molecule has 6 nitrogen and oxygen atoms in total. The van der Waals surface area contributed by atoms with Crippen LogP contribution in [-0.4, -0.2) is 21.2 Å². The second kappa shape index (κ2) is 8.53. The maximum absolute atomic E-state index is 13.1. The van der Waals surface area contributed by atoms with Crippen molar-refractivity contribution in [2.24, 2.45) is 0 Å². The average Bonchev–Trinajstić information content (AvgIpc) is 3.21. The minimum Gasteiger partial charge on any atom is -0.325 e. The van der Waals surface area contributed by atoms with E-state index in [9.17, 15) is 9.59 Å². The number of thiophene rings is 1. The van der Waals surface area contributed by atoms with Crippen LogP contribution in [0.2, 0.25) is 0 Å². The first-order valence-electron chi connectivity index (χ1n) is 9.05. The molecule has 30 heavy (non-hydrogen) atoms. The van der Waals surface area contributed by atoms with E-state index in [0.717, 1.165) is 5.56 Å². The highest BCUT2D eigenvalue weighted by molar-refractivity contribution is 7.99. The molecule has 0 bridgehead atoms. The van der Waals surface area contributed by atoms with Crippen LogP contribution in [0, 0.1) is 18.3 Å². The molecule has 2 aromatic heterocycles. The Balaban J connectivity index is 1.63. The number of aromatic nitrogens is 2. The van der Waals surface area contributed by atoms with Crippen LogP contribution >= 0.6 is 23.1 Å². The second-order valence-electron chi connectivity index (χ2n) is 6.54. The van der Waals surface area contributed by atoms with Crippen LogP contribution in [0.25, 0.3) is 15.9 Å². The molecule has 0 fully saturated rings. The van der Waals surface area contributed by atoms with Crippen LogP contribution in [0.4, 0.5) is 5.69 Å². The zero-order chi connectivity index (χ0) is 21.1. The van der Waals surface area contributed by atoms with Crippen molar-refractivity contribution in [2.45, 2.75) is 12.1 Å². The number of thioether (sulfide) groups is 1. The van der Waals surface area contributed by atoms with Crippen LogP contribution in [-0.2, 0) is 4.79 Å². The van der Waals surface area contributed by atoms with E-state index in [4.69, 9.17) is 5.26 Å². The summed E-state index contributed by atoms with van der Waals surface area (Å²) in [7, 11) is 0. The smallest absolute Gasteiger partial charge is 0.276 e. The monoisotopic (exact) mass is 432 g/mol. The highest BCUT2D eigenvalue weighted by Crippen LogP contribution is 2.24. The molecule has 0 aliphatic carbocycles. The summed E-state index contributed by atoms with van der Waals surface area (Å²) in [5.41, 5.74) is 3.24. The molecule has 4 aromatic rings. The Bertz CT molecular complexity index is 1350. The van der Waals surface area contributed by atoms with Gasteiger partial charge in [0.1, 0.15) is 4.70 Å². The largest absolute Gasteiger partial charge is 0.325 e. The third-order valence-electron chi connectivity index (χ3n) is 4.32. The van der Waals surface area contributed by atoms with Crippen molar-refractivity contribution in [3.8, 4) is 11.8 Å². The summed E-state index contributed by atoms with van der Waals surface area (Å²) < 4.78 is 2.14. The number of anilines is 1. The Morgan fingerprint density at radius 2 is 2.07 bits per heavy atom. The van der Waals surface area contributed by atoms with E-state index >= 15 is 0 Å². The highest BCUT2D eigenvalue weighted by atomic mass is 32.2. The molecule has 0 spiro atoms. The number of fused-ring (bicyclic) bond motifs is 1. The molecule has 1 N–H and O–H groups in total. The topological polar surface area (TPSA) is 87.8 Å². The van der Waals surface area contributed by atoms with Gasteiger partial charge in [0.05, 0.1) is 28.6 Å². The summed E-state index contributed by atoms with van der Waals surface area (Å²) in [6.07, 6.45) is 0. The van der Waals surface area contributed by atoms with Crippen LogP contribution < -0.4 is 10.9 Å². The quantitative estimate of drug-likeness (QED) is 0.374. The van der Waals surface area contributed by atoms with Crippen LogP contribution in [0.1, 0.15) is 11.1 Å². The van der Waals surface area contributed by atoms with Gasteiger partial charge in [-0.3, -0.25) is 14.2 Å². The first-order chi connectivity index (χ1) is 14.5. The number of carbonyl (C=O) groups excluding carboxylic acids is 1. The van der Waals surface area contributed by atoms with Gasteiger partial charge < -0.3 is 5.32 Å². The van der Waals surface area contributed by atoms with Crippen molar-refractivity contribution >= 4 is 44.9 Å². The van der Waals surface area contributed by atoms with Gasteiger partial charge in [-0.15, -0.1) is 11.3 Å². The van der Waals surface area contributed by atoms with Crippen LogP contribution in [0.15, 0.2) is 69.9 Å². The SMILES string of the molecule is Cc1cccc(-n2c(SCC(=O)Nc3cccc(C#N)c3)nc3ccsc3c2=O)c1. The Labute approximate surface area is 180 Å². The fraction of sp³-hybridized carbons (Fsp3) is 0.0909. The summed E-state index contributed by atoms with van der Waals surface area (Å²) in [5, 5.41) is 14.1. The lowest BCUT2D eigenvalue weighted by molar-refractivity contribution is -0.113. The molecule has 8 heteroatoms. The van der Waals surface area contributed by atoms with Crippen LogP contribution in [0.5, 0.6) is 0 Å². The van der Waals surface area contributed by atoms with E-state index < -0.39 is 0 Å². The van der Waals surface area contributed by atoms with Crippen molar-refractivity contribution in [1.82, 2.24) is 9.55 Å². The molecule has 0 saturated carbocycles. The molecule has 0 atom stereocenters. The third kappa shape index (κ3) is 4.13. The number of amides is 1. The number of nitrogens with one attached hydrogen (secondary N) is 1. The minimum atomic E-state index is -0.245. The van der Waals surface area contributed by atoms with Crippen LogP contribution in [0.3, 0.4) is 0 Å². The number of nitriles is 1. The van der Waals surface area contributed by atoms with Gasteiger partial charge in [0.25, 0.3) is 5.56 Å². The number of benzene rings is 2. The molecule has 0 saturated heterocycles. The normalized spacial score (nSPS) is 10.7. The summed E-state index contributed by atoms with van der Waals surface area (Å²) in [6, 6.07) is 18.2. The Morgan fingerprint density at radius 3 is 2.87 bits per heavy atom. The van der Waals surface area contributed by atoms with Crippen molar-refractivity contribution in [3.63, 3.8) is 0 Å². The predicted octanol–water partition coefficient (Wildman–Crippen LogP) is 4.36. The van der Waals surface area contributed by atoms with Crippen molar-refractivity contribution in [1.29, 1.82) is 5.26 Å². The summed E-state index contributed by atoms with van der Waals surface area (Å²) in [4.78, 5) is 30.2. The molecule has 0 unspecified atom stereocenters. The van der Waals surface area contributed by atoms with E-state index in [-0.39, 0.29) is 17.2 Å². The molecule has 4 rings (SSSR count). The minimum absolute atomic E-state index is 0.0741. The summed E-state index contributed by atoms with van der Waals surface area (Å²) in [6.45, 7) is 1.96. The van der Waals surface area contributed by atoms with Gasteiger partial charge in [0.15, 0.2) is 5.16 Å². The predicted molar refractivity (Wildman–Crippen MR) is 120 cm³/mol. The Morgan fingerprint density at radius 1 is 1.23 bits per heavy atom. The number of nitrogens with zero attached hydrogens (tertiary/aromatic N) is 3. The maximum atomic E-state index is 13.1. The molecule has 2 aromatic carbocycles. The van der Waals surface area contributed by atoms with E-state index in [2.05, 4.69) is 10.3 Å². The lowest BCUT2D eigenvalue weighted by Crippen LogP contribution is -2.22. The van der Waals surface area contributed by atoms with Gasteiger partial charge in [-0.1, -0.05) is 30.0 Å². The van der Waals surface area contributed by atoms with E-state index in [1.165, 1.54) is 23.1 Å². The lowest BCUT2D eigenvalue weighted by Gasteiger charge is -2.12.